The topological polar surface area (TPSA) is 62.5 Å². The van der Waals surface area contributed by atoms with Crippen LogP contribution in [0.5, 0.6) is 0 Å². The number of nitrogens with zero attached hydrogens (tertiary/aromatic N) is 3. The molecule has 0 radical (unpaired) electrons. The lowest BCUT2D eigenvalue weighted by Gasteiger charge is -2.42. The Bertz CT molecular complexity index is 534. The number of aromatic nitrogens is 1. The van der Waals surface area contributed by atoms with E-state index in [2.05, 4.69) is 16.8 Å². The Morgan fingerprint density at radius 2 is 2.09 bits per heavy atom. The molecule has 2 unspecified atom stereocenters. The lowest BCUT2D eigenvalue weighted by atomic mass is 9.74. The first kappa shape index (κ1) is 15.7. The van der Waals surface area contributed by atoms with Gasteiger partial charge in [0.2, 0.25) is 5.91 Å². The van der Waals surface area contributed by atoms with E-state index in [0.717, 1.165) is 57.0 Å². The zero-order valence-electron chi connectivity index (χ0n) is 13.5. The second-order valence-corrected chi connectivity index (χ2v) is 8.08. The maximum absolute atomic E-state index is 12.8. The van der Waals surface area contributed by atoms with Crippen LogP contribution in [0.2, 0.25) is 0 Å². The lowest BCUT2D eigenvalue weighted by molar-refractivity contribution is -0.139. The number of anilines is 1. The smallest absolute Gasteiger partial charge is 0.227 e. The molecule has 1 amide bonds. The van der Waals surface area contributed by atoms with Gasteiger partial charge in [0.15, 0.2) is 5.13 Å². The number of amides is 1. The first-order valence-corrected chi connectivity index (χ1v) is 9.04. The fourth-order valence-electron chi connectivity index (χ4n) is 3.59. The van der Waals surface area contributed by atoms with Gasteiger partial charge in [0.25, 0.3) is 0 Å². The molecule has 2 fully saturated rings. The van der Waals surface area contributed by atoms with Gasteiger partial charge < -0.3 is 15.5 Å². The van der Waals surface area contributed by atoms with Gasteiger partial charge in [-0.2, -0.15) is 0 Å². The van der Waals surface area contributed by atoms with Crippen molar-refractivity contribution in [2.75, 3.05) is 31.1 Å². The Labute approximate surface area is 136 Å². The summed E-state index contributed by atoms with van der Waals surface area (Å²) in [5.74, 6) is 0.259. The summed E-state index contributed by atoms with van der Waals surface area (Å²) >= 11 is 1.72. The van der Waals surface area contributed by atoms with Crippen LogP contribution < -0.4 is 10.6 Å². The molecule has 122 valence electrons. The Morgan fingerprint density at radius 1 is 1.36 bits per heavy atom. The molecule has 2 atom stereocenters. The monoisotopic (exact) mass is 322 g/mol. The van der Waals surface area contributed by atoms with Gasteiger partial charge in [0.1, 0.15) is 0 Å². The highest BCUT2D eigenvalue weighted by atomic mass is 32.1. The number of piperazine rings is 1. The van der Waals surface area contributed by atoms with Crippen LogP contribution in [0.3, 0.4) is 0 Å². The molecule has 0 spiro atoms. The van der Waals surface area contributed by atoms with Crippen LogP contribution in [-0.2, 0) is 4.79 Å². The number of thiazole rings is 1. The molecule has 6 heteroatoms. The van der Waals surface area contributed by atoms with Gasteiger partial charge in [-0.25, -0.2) is 4.98 Å². The zero-order chi connectivity index (χ0) is 15.7. The molecule has 1 aromatic heterocycles. The third-order valence-corrected chi connectivity index (χ3v) is 6.00. The number of carbonyl (C=O) groups excluding carboxylic acids is 1. The predicted molar refractivity (Wildman–Crippen MR) is 90.2 cm³/mol. The zero-order valence-corrected chi connectivity index (χ0v) is 14.4. The van der Waals surface area contributed by atoms with Crippen molar-refractivity contribution in [2.45, 2.75) is 45.1 Å². The van der Waals surface area contributed by atoms with Gasteiger partial charge >= 0.3 is 0 Å². The summed E-state index contributed by atoms with van der Waals surface area (Å²) in [6, 6.07) is 0. The molecular weight excluding hydrogens is 296 g/mol. The molecule has 1 saturated heterocycles. The number of carbonyl (C=O) groups is 1. The summed E-state index contributed by atoms with van der Waals surface area (Å²) in [4.78, 5) is 22.8. The van der Waals surface area contributed by atoms with E-state index < -0.39 is 0 Å². The molecule has 1 aromatic rings. The molecule has 22 heavy (non-hydrogen) atoms. The van der Waals surface area contributed by atoms with Crippen molar-refractivity contribution < 1.29 is 4.79 Å². The van der Waals surface area contributed by atoms with Crippen molar-refractivity contribution in [3.63, 3.8) is 0 Å². The minimum atomic E-state index is -0.334. The average molecular weight is 322 g/mol. The highest BCUT2D eigenvalue weighted by Gasteiger charge is 2.40. The van der Waals surface area contributed by atoms with Gasteiger partial charge in [0, 0.05) is 42.8 Å². The minimum absolute atomic E-state index is 0.00472. The Hall–Kier alpha value is -1.14. The second kappa shape index (κ2) is 6.16. The van der Waals surface area contributed by atoms with Crippen LogP contribution in [0, 0.1) is 12.8 Å². The van der Waals surface area contributed by atoms with E-state index in [1.54, 1.807) is 11.3 Å². The minimum Gasteiger partial charge on any atom is -0.345 e. The predicted octanol–water partition coefficient (Wildman–Crippen LogP) is 2.01. The standard InChI is InChI=1S/C16H26N4OS/c1-12-11-18-15(22-12)20-9-7-19(8-10-20)14(21)13-5-3-4-6-16(13,2)17/h11,13H,3-10,17H2,1-2H3. The van der Waals surface area contributed by atoms with Crippen LogP contribution in [-0.4, -0.2) is 47.5 Å². The largest absolute Gasteiger partial charge is 0.345 e. The van der Waals surface area contributed by atoms with Gasteiger partial charge in [-0.15, -0.1) is 11.3 Å². The fraction of sp³-hybridized carbons (Fsp3) is 0.750. The Morgan fingerprint density at radius 3 is 2.68 bits per heavy atom. The lowest BCUT2D eigenvalue weighted by Crippen LogP contribution is -2.57. The van der Waals surface area contributed by atoms with Crippen molar-refractivity contribution in [1.29, 1.82) is 0 Å². The number of hydrogen-bond acceptors (Lipinski definition) is 5. The van der Waals surface area contributed by atoms with E-state index in [1.807, 2.05) is 18.0 Å². The summed E-state index contributed by atoms with van der Waals surface area (Å²) < 4.78 is 0. The summed E-state index contributed by atoms with van der Waals surface area (Å²) in [5.41, 5.74) is 6.05. The van der Waals surface area contributed by atoms with Crippen molar-refractivity contribution in [1.82, 2.24) is 9.88 Å². The van der Waals surface area contributed by atoms with Crippen molar-refractivity contribution in [2.24, 2.45) is 11.7 Å². The van der Waals surface area contributed by atoms with Crippen LogP contribution in [0.4, 0.5) is 5.13 Å². The Kier molecular flexibility index (Phi) is 4.41. The number of hydrogen-bond donors (Lipinski definition) is 1. The summed E-state index contributed by atoms with van der Waals surface area (Å²) in [5, 5.41) is 1.07. The molecule has 0 bridgehead atoms. The van der Waals surface area contributed by atoms with Crippen LogP contribution in [0.1, 0.15) is 37.5 Å². The number of rotatable bonds is 2. The Balaban J connectivity index is 1.60. The van der Waals surface area contributed by atoms with Crippen molar-refractivity contribution in [3.8, 4) is 0 Å². The van der Waals surface area contributed by atoms with Gasteiger partial charge in [-0.3, -0.25) is 4.79 Å². The van der Waals surface area contributed by atoms with Crippen molar-refractivity contribution in [3.05, 3.63) is 11.1 Å². The molecule has 1 aliphatic carbocycles. The molecule has 1 aliphatic heterocycles. The molecule has 5 nitrogen and oxygen atoms in total. The second-order valence-electron chi connectivity index (χ2n) is 6.87. The maximum atomic E-state index is 12.8. The van der Waals surface area contributed by atoms with E-state index in [-0.39, 0.29) is 17.4 Å². The highest BCUT2D eigenvalue weighted by molar-refractivity contribution is 7.15. The maximum Gasteiger partial charge on any atom is 0.227 e. The van der Waals surface area contributed by atoms with E-state index >= 15 is 0 Å². The molecule has 2 aliphatic rings. The van der Waals surface area contributed by atoms with Gasteiger partial charge in [-0.05, 0) is 26.7 Å². The van der Waals surface area contributed by atoms with Crippen LogP contribution >= 0.6 is 11.3 Å². The molecule has 2 heterocycles. The first-order valence-electron chi connectivity index (χ1n) is 8.22. The van der Waals surface area contributed by atoms with E-state index in [4.69, 9.17) is 5.73 Å². The molecule has 0 aromatic carbocycles. The quantitative estimate of drug-likeness (QED) is 0.905. The molecule has 1 saturated carbocycles. The average Bonchev–Trinajstić information content (AvgIpc) is 2.93. The number of aryl methyl sites for hydroxylation is 1. The normalized spacial score (nSPS) is 29.7. The number of nitrogens with two attached hydrogens (primary N) is 1. The van der Waals surface area contributed by atoms with Gasteiger partial charge in [-0.1, -0.05) is 12.8 Å². The summed E-state index contributed by atoms with van der Waals surface area (Å²) in [6.07, 6.45) is 6.09. The van der Waals surface area contributed by atoms with Crippen molar-refractivity contribution >= 4 is 22.4 Å². The van der Waals surface area contributed by atoms with E-state index in [0.29, 0.717) is 0 Å². The summed E-state index contributed by atoms with van der Waals surface area (Å²) in [6.45, 7) is 7.42. The fourth-order valence-corrected chi connectivity index (χ4v) is 4.40. The highest BCUT2D eigenvalue weighted by Crippen LogP contribution is 2.33. The van der Waals surface area contributed by atoms with Gasteiger partial charge in [0.05, 0.1) is 5.92 Å². The van der Waals surface area contributed by atoms with Crippen LogP contribution in [0.15, 0.2) is 6.20 Å². The van der Waals surface area contributed by atoms with E-state index in [9.17, 15) is 4.79 Å². The summed E-state index contributed by atoms with van der Waals surface area (Å²) in [7, 11) is 0. The third-order valence-electron chi connectivity index (χ3n) is 5.02. The van der Waals surface area contributed by atoms with Crippen LogP contribution in [0.25, 0.3) is 0 Å². The first-order chi connectivity index (χ1) is 10.5. The SMILES string of the molecule is Cc1cnc(N2CCN(C(=O)C3CCCCC3(C)N)CC2)s1. The molecular formula is C16H26N4OS. The molecule has 2 N–H and O–H groups in total. The molecule has 3 rings (SSSR count). The van der Waals surface area contributed by atoms with E-state index in [1.165, 1.54) is 4.88 Å². The third kappa shape index (κ3) is 3.13.